The Bertz CT molecular complexity index is 652. The average molecular weight is 245 g/mol. The Morgan fingerprint density at radius 3 is 2.67 bits per heavy atom. The fraction of sp³-hybridized carbons (Fsp3) is 0.231. The molecule has 0 saturated carbocycles. The predicted octanol–water partition coefficient (Wildman–Crippen LogP) is 0.940. The quantitative estimate of drug-likeness (QED) is 0.826. The summed E-state index contributed by atoms with van der Waals surface area (Å²) in [5.41, 5.74) is 8.18. The van der Waals surface area contributed by atoms with Gasteiger partial charge in [0.1, 0.15) is 0 Å². The second kappa shape index (κ2) is 4.62. The van der Waals surface area contributed by atoms with Gasteiger partial charge in [0.15, 0.2) is 0 Å². The summed E-state index contributed by atoms with van der Waals surface area (Å²) in [7, 11) is 0. The first-order chi connectivity index (χ1) is 8.52. The van der Waals surface area contributed by atoms with Gasteiger partial charge in [-0.3, -0.25) is 14.7 Å². The first kappa shape index (κ1) is 12.3. The summed E-state index contributed by atoms with van der Waals surface area (Å²) in [5.74, 6) is -0.268. The molecule has 0 aliphatic heterocycles. The number of carbonyl (C=O) groups excluding carboxylic acids is 1. The monoisotopic (exact) mass is 245 g/mol. The van der Waals surface area contributed by atoms with Crippen molar-refractivity contribution in [2.24, 2.45) is 5.73 Å². The van der Waals surface area contributed by atoms with Crippen LogP contribution in [0.2, 0.25) is 0 Å². The number of hydrogen-bond donors (Lipinski definition) is 2. The topological polar surface area (TPSA) is 80.9 Å². The molecule has 1 aromatic heterocycles. The molecule has 0 bridgehead atoms. The summed E-state index contributed by atoms with van der Waals surface area (Å²) in [5, 5.41) is 2.47. The highest BCUT2D eigenvalue weighted by atomic mass is 16.2. The number of nitrogens with zero attached hydrogens (tertiary/aromatic N) is 1. The first-order valence-corrected chi connectivity index (χ1v) is 5.66. The highest BCUT2D eigenvalue weighted by Gasteiger charge is 2.15. The number of aromatic nitrogens is 2. The normalized spacial score (nSPS) is 10.6. The molecule has 0 aliphatic rings. The minimum absolute atomic E-state index is 0.134. The average Bonchev–Trinajstić information content (AvgIpc) is 2.69. The molecule has 0 aliphatic carbocycles. The second-order valence-electron chi connectivity index (χ2n) is 4.27. The van der Waals surface area contributed by atoms with Crippen molar-refractivity contribution in [3.63, 3.8) is 0 Å². The summed E-state index contributed by atoms with van der Waals surface area (Å²) in [6.45, 7) is 3.96. The van der Waals surface area contributed by atoms with Crippen LogP contribution in [0.3, 0.4) is 0 Å². The predicted molar refractivity (Wildman–Crippen MR) is 68.6 cm³/mol. The number of nitrogens with two attached hydrogens (primary N) is 1. The summed E-state index contributed by atoms with van der Waals surface area (Å²) < 4.78 is 1.21. The van der Waals surface area contributed by atoms with Gasteiger partial charge in [0.05, 0.1) is 5.69 Å². The fourth-order valence-corrected chi connectivity index (χ4v) is 1.94. The zero-order chi connectivity index (χ0) is 13.3. The third-order valence-corrected chi connectivity index (χ3v) is 2.83. The first-order valence-electron chi connectivity index (χ1n) is 5.66. The molecule has 0 radical (unpaired) electrons. The molecule has 2 aromatic rings. The molecule has 5 nitrogen and oxygen atoms in total. The van der Waals surface area contributed by atoms with Crippen LogP contribution in [0.25, 0.3) is 0 Å². The van der Waals surface area contributed by atoms with E-state index in [0.29, 0.717) is 11.3 Å². The summed E-state index contributed by atoms with van der Waals surface area (Å²) in [6, 6.07) is 6.88. The smallest absolute Gasteiger partial charge is 0.277 e. The van der Waals surface area contributed by atoms with Crippen molar-refractivity contribution < 1.29 is 4.79 Å². The van der Waals surface area contributed by atoms with E-state index in [1.807, 2.05) is 26.0 Å². The number of aryl methyl sites for hydroxylation is 2. The van der Waals surface area contributed by atoms with Crippen LogP contribution in [0.5, 0.6) is 0 Å². The lowest BCUT2D eigenvalue weighted by atomic mass is 10.1. The summed E-state index contributed by atoms with van der Waals surface area (Å²) in [4.78, 5) is 23.6. The molecule has 1 heterocycles. The van der Waals surface area contributed by atoms with Crippen LogP contribution in [-0.4, -0.2) is 15.7 Å². The van der Waals surface area contributed by atoms with Crippen LogP contribution in [0, 0.1) is 13.8 Å². The summed E-state index contributed by atoms with van der Waals surface area (Å²) in [6.07, 6.45) is 0. The maximum atomic E-state index is 12.3. The Labute approximate surface area is 104 Å². The van der Waals surface area contributed by atoms with Crippen molar-refractivity contribution in [1.29, 1.82) is 0 Å². The van der Waals surface area contributed by atoms with Gasteiger partial charge in [0, 0.05) is 18.2 Å². The van der Waals surface area contributed by atoms with E-state index in [2.05, 4.69) is 5.10 Å². The molecule has 1 aromatic carbocycles. The molecule has 3 N–H and O–H groups in total. The number of H-pyrrole nitrogens is 1. The van der Waals surface area contributed by atoms with Gasteiger partial charge in [-0.15, -0.1) is 0 Å². The maximum absolute atomic E-state index is 12.3. The number of benzene rings is 1. The fourth-order valence-electron chi connectivity index (χ4n) is 1.94. The molecule has 0 fully saturated rings. The SMILES string of the molecule is Cc1ccc(C(=O)n2[nH]c(=O)cc2CN)c(C)c1. The van der Waals surface area contributed by atoms with E-state index in [1.54, 1.807) is 6.07 Å². The molecule has 94 valence electrons. The van der Waals surface area contributed by atoms with E-state index in [0.717, 1.165) is 11.1 Å². The van der Waals surface area contributed by atoms with Crippen molar-refractivity contribution in [2.45, 2.75) is 20.4 Å². The van der Waals surface area contributed by atoms with Crippen molar-refractivity contribution in [3.05, 3.63) is 57.0 Å². The van der Waals surface area contributed by atoms with Crippen molar-refractivity contribution in [2.75, 3.05) is 0 Å². The zero-order valence-corrected chi connectivity index (χ0v) is 10.4. The highest BCUT2D eigenvalue weighted by molar-refractivity contribution is 5.97. The van der Waals surface area contributed by atoms with Gasteiger partial charge >= 0.3 is 0 Å². The van der Waals surface area contributed by atoms with E-state index >= 15 is 0 Å². The van der Waals surface area contributed by atoms with E-state index < -0.39 is 0 Å². The zero-order valence-electron chi connectivity index (χ0n) is 10.4. The van der Waals surface area contributed by atoms with Crippen molar-refractivity contribution >= 4 is 5.91 Å². The molecular formula is C13H15N3O2. The Hall–Kier alpha value is -2.14. The minimum Gasteiger partial charge on any atom is -0.325 e. The lowest BCUT2D eigenvalue weighted by molar-refractivity contribution is 0.0940. The number of carbonyl (C=O) groups is 1. The molecule has 0 amide bonds. The van der Waals surface area contributed by atoms with Gasteiger partial charge in [0.2, 0.25) is 0 Å². The number of aromatic amines is 1. The van der Waals surface area contributed by atoms with Gasteiger partial charge in [-0.1, -0.05) is 17.7 Å². The number of rotatable bonds is 2. The maximum Gasteiger partial charge on any atom is 0.277 e. The van der Waals surface area contributed by atoms with Crippen LogP contribution in [0.1, 0.15) is 27.2 Å². The van der Waals surface area contributed by atoms with Crippen LogP contribution in [0.15, 0.2) is 29.1 Å². The van der Waals surface area contributed by atoms with Gasteiger partial charge in [-0.25, -0.2) is 4.68 Å². The Morgan fingerprint density at radius 2 is 2.06 bits per heavy atom. The molecular weight excluding hydrogens is 230 g/mol. The summed E-state index contributed by atoms with van der Waals surface area (Å²) >= 11 is 0. The van der Waals surface area contributed by atoms with Crippen molar-refractivity contribution in [3.8, 4) is 0 Å². The number of nitrogens with one attached hydrogen (secondary N) is 1. The molecule has 0 spiro atoms. The van der Waals surface area contributed by atoms with E-state index in [1.165, 1.54) is 10.7 Å². The van der Waals surface area contributed by atoms with Gasteiger partial charge in [-0.05, 0) is 25.5 Å². The molecule has 18 heavy (non-hydrogen) atoms. The third kappa shape index (κ3) is 2.12. The van der Waals surface area contributed by atoms with Crippen molar-refractivity contribution in [1.82, 2.24) is 9.78 Å². The Morgan fingerprint density at radius 1 is 1.33 bits per heavy atom. The molecule has 2 rings (SSSR count). The lowest BCUT2D eigenvalue weighted by Gasteiger charge is -2.08. The van der Waals surface area contributed by atoms with E-state index in [-0.39, 0.29) is 18.0 Å². The van der Waals surface area contributed by atoms with E-state index in [9.17, 15) is 9.59 Å². The Kier molecular flexibility index (Phi) is 3.16. The number of hydrogen-bond acceptors (Lipinski definition) is 3. The molecule has 5 heteroatoms. The molecule has 0 unspecified atom stereocenters. The van der Waals surface area contributed by atoms with Gasteiger partial charge in [-0.2, -0.15) is 0 Å². The van der Waals surface area contributed by atoms with E-state index in [4.69, 9.17) is 5.73 Å². The molecule has 0 atom stereocenters. The Balaban J connectivity index is 2.50. The second-order valence-corrected chi connectivity index (χ2v) is 4.27. The van der Waals surface area contributed by atoms with Crippen LogP contribution >= 0.6 is 0 Å². The minimum atomic E-state index is -0.325. The van der Waals surface area contributed by atoms with Crippen LogP contribution in [-0.2, 0) is 6.54 Å². The highest BCUT2D eigenvalue weighted by Crippen LogP contribution is 2.12. The third-order valence-electron chi connectivity index (χ3n) is 2.83. The van der Waals surface area contributed by atoms with Crippen LogP contribution < -0.4 is 11.3 Å². The standard InChI is InChI=1S/C13H15N3O2/c1-8-3-4-11(9(2)5-8)13(18)16-10(7-14)6-12(17)15-16/h3-6H,7,14H2,1-2H3,(H,15,17). The van der Waals surface area contributed by atoms with Crippen LogP contribution in [0.4, 0.5) is 0 Å². The van der Waals surface area contributed by atoms with Gasteiger partial charge in [0.25, 0.3) is 11.5 Å². The molecule has 0 saturated heterocycles. The largest absolute Gasteiger partial charge is 0.325 e. The lowest BCUT2D eigenvalue weighted by Crippen LogP contribution is -2.20. The van der Waals surface area contributed by atoms with Gasteiger partial charge < -0.3 is 5.73 Å².